The minimum atomic E-state index is -0.126. The van der Waals surface area contributed by atoms with Crippen LogP contribution >= 0.6 is 15.9 Å². The van der Waals surface area contributed by atoms with Crippen molar-refractivity contribution in [3.05, 3.63) is 47.0 Å². The lowest BCUT2D eigenvalue weighted by atomic mass is 9.83. The zero-order valence-corrected chi connectivity index (χ0v) is 15.7. The zero-order chi connectivity index (χ0) is 16.5. The Morgan fingerprint density at radius 2 is 2.14 bits per heavy atom. The summed E-state index contributed by atoms with van der Waals surface area (Å²) >= 11 is 3.47. The maximum atomic E-state index is 12.2. The molecule has 0 heterocycles. The molecule has 0 aliphatic rings. The average Bonchev–Trinajstić information content (AvgIpc) is 2.50. The quantitative estimate of drug-likeness (QED) is 0.349. The van der Waals surface area contributed by atoms with Gasteiger partial charge >= 0.3 is 5.97 Å². The summed E-state index contributed by atoms with van der Waals surface area (Å²) in [7, 11) is 0. The first-order chi connectivity index (χ1) is 10.5. The molecule has 0 fully saturated rings. The number of benzene rings is 1. The van der Waals surface area contributed by atoms with E-state index in [4.69, 9.17) is 4.74 Å². The lowest BCUT2D eigenvalue weighted by Crippen LogP contribution is -2.22. The van der Waals surface area contributed by atoms with Gasteiger partial charge < -0.3 is 4.74 Å². The van der Waals surface area contributed by atoms with Crippen molar-refractivity contribution >= 4 is 21.9 Å². The van der Waals surface area contributed by atoms with Gasteiger partial charge in [0.15, 0.2) is 0 Å². The number of esters is 1. The van der Waals surface area contributed by atoms with Crippen LogP contribution in [-0.4, -0.2) is 17.9 Å². The lowest BCUT2D eigenvalue weighted by molar-refractivity contribution is -0.148. The van der Waals surface area contributed by atoms with E-state index >= 15 is 0 Å². The van der Waals surface area contributed by atoms with Gasteiger partial charge in [0.2, 0.25) is 0 Å². The Morgan fingerprint density at radius 3 is 2.73 bits per heavy atom. The molecule has 0 saturated carbocycles. The van der Waals surface area contributed by atoms with E-state index < -0.39 is 0 Å². The standard InChI is InChI=1S/C19H27BrO2/c1-5-22-19(21)16(4)18(11-7-9-15(3)13-20)17-10-6-8-14(2)12-17/h6,8-10,12,16,18H,5,7,11,13H2,1-4H3/b15-9+/t16?,18-/m0/s1. The van der Waals surface area contributed by atoms with Crippen LogP contribution in [0.1, 0.15) is 50.7 Å². The van der Waals surface area contributed by atoms with Gasteiger partial charge in [-0.1, -0.05) is 64.3 Å². The van der Waals surface area contributed by atoms with Crippen molar-refractivity contribution in [1.29, 1.82) is 0 Å². The molecule has 0 amide bonds. The Balaban J connectivity index is 2.92. The van der Waals surface area contributed by atoms with Crippen LogP contribution < -0.4 is 0 Å². The first-order valence-corrected chi connectivity index (χ1v) is 9.06. The molecule has 0 bridgehead atoms. The molecule has 0 aromatic heterocycles. The highest BCUT2D eigenvalue weighted by molar-refractivity contribution is 9.09. The molecule has 0 aliphatic carbocycles. The molecule has 1 unspecified atom stereocenters. The Labute approximate surface area is 143 Å². The maximum Gasteiger partial charge on any atom is 0.309 e. The van der Waals surface area contributed by atoms with E-state index in [-0.39, 0.29) is 17.8 Å². The summed E-state index contributed by atoms with van der Waals surface area (Å²) in [6.07, 6.45) is 4.17. The van der Waals surface area contributed by atoms with Gasteiger partial charge in [-0.3, -0.25) is 4.79 Å². The third-order valence-corrected chi connectivity index (χ3v) is 4.80. The molecule has 0 aliphatic heterocycles. The number of hydrogen-bond donors (Lipinski definition) is 0. The Bertz CT molecular complexity index is 508. The van der Waals surface area contributed by atoms with Crippen LogP contribution in [0.3, 0.4) is 0 Å². The number of aryl methyl sites for hydroxylation is 1. The SMILES string of the molecule is CCOC(=O)C(C)[C@H](CC/C=C(\C)CBr)c1cccc(C)c1. The minimum Gasteiger partial charge on any atom is -0.466 e. The maximum absolute atomic E-state index is 12.2. The van der Waals surface area contributed by atoms with Crippen molar-refractivity contribution in [3.63, 3.8) is 0 Å². The minimum absolute atomic E-state index is 0.102. The number of carbonyl (C=O) groups is 1. The molecule has 1 rings (SSSR count). The summed E-state index contributed by atoms with van der Waals surface area (Å²) in [5.41, 5.74) is 3.78. The number of ether oxygens (including phenoxy) is 1. The summed E-state index contributed by atoms with van der Waals surface area (Å²) in [5.74, 6) is -0.0343. The smallest absolute Gasteiger partial charge is 0.309 e. The van der Waals surface area contributed by atoms with Crippen LogP contribution in [-0.2, 0) is 9.53 Å². The third kappa shape index (κ3) is 5.96. The van der Waals surface area contributed by atoms with Crippen molar-refractivity contribution in [2.45, 2.75) is 46.5 Å². The first-order valence-electron chi connectivity index (χ1n) is 7.94. The molecular formula is C19H27BrO2. The number of allylic oxidation sites excluding steroid dienone is 2. The summed E-state index contributed by atoms with van der Waals surface area (Å²) in [4.78, 5) is 12.2. The van der Waals surface area contributed by atoms with Gasteiger partial charge in [-0.05, 0) is 45.1 Å². The fourth-order valence-electron chi connectivity index (χ4n) is 2.61. The monoisotopic (exact) mass is 366 g/mol. The fourth-order valence-corrected chi connectivity index (χ4v) is 2.84. The topological polar surface area (TPSA) is 26.3 Å². The van der Waals surface area contributed by atoms with Gasteiger partial charge in [-0.25, -0.2) is 0 Å². The van der Waals surface area contributed by atoms with Gasteiger partial charge in [0.05, 0.1) is 12.5 Å². The molecule has 1 aromatic carbocycles. The highest BCUT2D eigenvalue weighted by Gasteiger charge is 2.26. The molecule has 122 valence electrons. The summed E-state index contributed by atoms with van der Waals surface area (Å²) in [6.45, 7) is 8.47. The van der Waals surface area contributed by atoms with Crippen molar-refractivity contribution in [1.82, 2.24) is 0 Å². The number of halogens is 1. The van der Waals surface area contributed by atoms with Crippen molar-refractivity contribution in [2.24, 2.45) is 5.92 Å². The van der Waals surface area contributed by atoms with Gasteiger partial charge in [0.25, 0.3) is 0 Å². The van der Waals surface area contributed by atoms with Crippen molar-refractivity contribution in [2.75, 3.05) is 11.9 Å². The van der Waals surface area contributed by atoms with Gasteiger partial charge in [0.1, 0.15) is 0 Å². The van der Waals surface area contributed by atoms with Gasteiger partial charge in [-0.15, -0.1) is 0 Å². The van der Waals surface area contributed by atoms with Gasteiger partial charge in [-0.2, -0.15) is 0 Å². The summed E-state index contributed by atoms with van der Waals surface area (Å²) in [6, 6.07) is 8.45. The first kappa shape index (κ1) is 19.0. The van der Waals surface area contributed by atoms with E-state index in [9.17, 15) is 4.79 Å². The highest BCUT2D eigenvalue weighted by Crippen LogP contribution is 2.31. The summed E-state index contributed by atoms with van der Waals surface area (Å²) < 4.78 is 5.22. The fraction of sp³-hybridized carbons (Fsp3) is 0.526. The molecule has 0 N–H and O–H groups in total. The third-order valence-electron chi connectivity index (χ3n) is 3.91. The lowest BCUT2D eigenvalue weighted by Gasteiger charge is -2.23. The number of rotatable bonds is 8. The molecular weight excluding hydrogens is 340 g/mol. The van der Waals surface area contributed by atoms with Crippen molar-refractivity contribution < 1.29 is 9.53 Å². The van der Waals surface area contributed by atoms with E-state index in [1.165, 1.54) is 16.7 Å². The van der Waals surface area contributed by atoms with Crippen LogP contribution in [0.4, 0.5) is 0 Å². The van der Waals surface area contributed by atoms with Crippen LogP contribution in [0, 0.1) is 12.8 Å². The van der Waals surface area contributed by atoms with E-state index in [1.54, 1.807) is 0 Å². The molecule has 2 nitrogen and oxygen atoms in total. The van der Waals surface area contributed by atoms with Crippen LogP contribution in [0.25, 0.3) is 0 Å². The second-order valence-electron chi connectivity index (χ2n) is 5.82. The van der Waals surface area contributed by atoms with E-state index in [1.807, 2.05) is 13.8 Å². The zero-order valence-electron chi connectivity index (χ0n) is 14.1. The van der Waals surface area contributed by atoms with Crippen LogP contribution in [0.15, 0.2) is 35.9 Å². The number of carbonyl (C=O) groups excluding carboxylic acids is 1. The second kappa shape index (κ2) is 9.83. The Kier molecular flexibility index (Phi) is 8.47. The van der Waals surface area contributed by atoms with E-state index in [2.05, 4.69) is 60.1 Å². The van der Waals surface area contributed by atoms with E-state index in [0.717, 1.165) is 18.2 Å². The molecule has 2 atom stereocenters. The average molecular weight is 367 g/mol. The second-order valence-corrected chi connectivity index (χ2v) is 6.38. The molecule has 0 spiro atoms. The van der Waals surface area contributed by atoms with Gasteiger partial charge in [0, 0.05) is 5.33 Å². The largest absolute Gasteiger partial charge is 0.466 e. The predicted octanol–water partition coefficient (Wildman–Crippen LogP) is 5.40. The molecule has 0 saturated heterocycles. The Morgan fingerprint density at radius 1 is 1.41 bits per heavy atom. The van der Waals surface area contributed by atoms with E-state index in [0.29, 0.717) is 6.61 Å². The highest BCUT2D eigenvalue weighted by atomic mass is 79.9. The molecule has 3 heteroatoms. The van der Waals surface area contributed by atoms with Crippen LogP contribution in [0.2, 0.25) is 0 Å². The molecule has 0 radical (unpaired) electrons. The Hall–Kier alpha value is -1.09. The van der Waals surface area contributed by atoms with Crippen molar-refractivity contribution in [3.8, 4) is 0 Å². The number of alkyl halides is 1. The predicted molar refractivity (Wildman–Crippen MR) is 96.5 cm³/mol. The van der Waals surface area contributed by atoms with Crippen LogP contribution in [0.5, 0.6) is 0 Å². The number of hydrogen-bond acceptors (Lipinski definition) is 2. The molecule has 1 aromatic rings. The summed E-state index contributed by atoms with van der Waals surface area (Å²) in [5, 5.41) is 0.898. The molecule has 22 heavy (non-hydrogen) atoms. The normalized spacial score (nSPS) is 14.5.